The molecule has 1 aliphatic carbocycles. The largest absolute Gasteiger partial charge is 0.444 e. The maximum Gasteiger partial charge on any atom is 0.407 e. The van der Waals surface area contributed by atoms with Crippen molar-refractivity contribution in [2.24, 2.45) is 4.99 Å². The highest BCUT2D eigenvalue weighted by Gasteiger charge is 2.17. The summed E-state index contributed by atoms with van der Waals surface area (Å²) >= 11 is 0. The van der Waals surface area contributed by atoms with E-state index in [4.69, 9.17) is 4.74 Å². The van der Waals surface area contributed by atoms with E-state index in [1.54, 1.807) is 14.1 Å². The molecular weight excluding hydrogens is 449 g/mol. The Bertz CT molecular complexity index is 472. The number of hydrogen-bond donors (Lipinski definition) is 3. The Morgan fingerprint density at radius 1 is 1.12 bits per heavy atom. The van der Waals surface area contributed by atoms with E-state index in [0.717, 1.165) is 12.8 Å². The Kier molecular flexibility index (Phi) is 11.6. The normalized spacial score (nSPS) is 15.0. The van der Waals surface area contributed by atoms with Crippen LogP contribution in [0.4, 0.5) is 4.79 Å². The molecule has 1 saturated carbocycles. The molecule has 0 aromatic carbocycles. The number of nitrogens with one attached hydrogen (secondary N) is 3. The number of nitrogens with zero attached hydrogens (tertiary/aromatic N) is 2. The summed E-state index contributed by atoms with van der Waals surface area (Å²) in [6.45, 7) is 6.46. The number of carbonyl (C=O) groups excluding carboxylic acids is 2. The number of rotatable bonds is 6. The highest BCUT2D eigenvalue weighted by molar-refractivity contribution is 14.0. The second-order valence-corrected chi connectivity index (χ2v) is 7.43. The first-order chi connectivity index (χ1) is 11.7. The predicted octanol–water partition coefficient (Wildman–Crippen LogP) is 1.70. The number of hydrogen-bond acceptors (Lipinski definition) is 4. The van der Waals surface area contributed by atoms with Crippen LogP contribution in [-0.4, -0.2) is 68.2 Å². The summed E-state index contributed by atoms with van der Waals surface area (Å²) in [6, 6.07) is 0.388. The highest BCUT2D eigenvalue weighted by Crippen LogP contribution is 2.17. The molecule has 8 nitrogen and oxygen atoms in total. The zero-order valence-corrected chi connectivity index (χ0v) is 18.9. The van der Waals surface area contributed by atoms with Crippen LogP contribution in [0, 0.1) is 0 Å². The van der Waals surface area contributed by atoms with Crippen LogP contribution >= 0.6 is 24.0 Å². The topological polar surface area (TPSA) is 95.1 Å². The van der Waals surface area contributed by atoms with Crippen LogP contribution in [0.5, 0.6) is 0 Å². The third-order valence-electron chi connectivity index (χ3n) is 3.65. The standard InChI is InChI=1S/C17H33N5O3.HI/c1-17(2,3)25-16(24)19-11-10-18-15(20-12-14(23)22(4)5)21-13-8-6-7-9-13;/h13H,6-12H2,1-5H3,(H,19,24)(H2,18,20,21);1H. The first-order valence-electron chi connectivity index (χ1n) is 8.89. The summed E-state index contributed by atoms with van der Waals surface area (Å²) in [4.78, 5) is 29.2. The van der Waals surface area contributed by atoms with Gasteiger partial charge in [0.15, 0.2) is 5.96 Å². The van der Waals surface area contributed by atoms with Crippen LogP contribution in [0.2, 0.25) is 0 Å². The van der Waals surface area contributed by atoms with E-state index in [2.05, 4.69) is 20.9 Å². The lowest BCUT2D eigenvalue weighted by molar-refractivity contribution is -0.127. The maximum atomic E-state index is 11.7. The molecule has 0 atom stereocenters. The fourth-order valence-electron chi connectivity index (χ4n) is 2.36. The molecule has 1 aliphatic rings. The Labute approximate surface area is 173 Å². The molecule has 152 valence electrons. The minimum absolute atomic E-state index is 0. The molecule has 0 heterocycles. The van der Waals surface area contributed by atoms with Crippen LogP contribution in [0.15, 0.2) is 4.99 Å². The number of alkyl carbamates (subject to hydrolysis) is 1. The molecule has 3 N–H and O–H groups in total. The minimum Gasteiger partial charge on any atom is -0.444 e. The molecule has 0 aromatic heterocycles. The second-order valence-electron chi connectivity index (χ2n) is 7.43. The summed E-state index contributed by atoms with van der Waals surface area (Å²) in [7, 11) is 3.42. The SMILES string of the molecule is CN(C)C(=O)CN=C(NCCNC(=O)OC(C)(C)C)NC1CCCC1.I. The molecule has 1 rings (SSSR count). The number of halogens is 1. The van der Waals surface area contributed by atoms with Gasteiger partial charge in [0.05, 0.1) is 0 Å². The molecule has 0 spiro atoms. The smallest absolute Gasteiger partial charge is 0.407 e. The average Bonchev–Trinajstić information content (AvgIpc) is 2.99. The van der Waals surface area contributed by atoms with Crippen molar-refractivity contribution in [3.8, 4) is 0 Å². The quantitative estimate of drug-likeness (QED) is 0.231. The van der Waals surface area contributed by atoms with Crippen LogP contribution in [-0.2, 0) is 9.53 Å². The lowest BCUT2D eigenvalue weighted by Crippen LogP contribution is -2.46. The van der Waals surface area contributed by atoms with Crippen molar-refractivity contribution >= 4 is 41.9 Å². The fraction of sp³-hybridized carbons (Fsp3) is 0.824. The molecule has 0 aliphatic heterocycles. The van der Waals surface area contributed by atoms with Gasteiger partial charge in [-0.05, 0) is 33.6 Å². The number of carbonyl (C=O) groups is 2. The van der Waals surface area contributed by atoms with Crippen molar-refractivity contribution in [2.45, 2.75) is 58.1 Å². The van der Waals surface area contributed by atoms with Gasteiger partial charge in [-0.15, -0.1) is 24.0 Å². The molecule has 0 aromatic rings. The lowest BCUT2D eigenvalue weighted by Gasteiger charge is -2.20. The molecule has 26 heavy (non-hydrogen) atoms. The van der Waals surface area contributed by atoms with Crippen LogP contribution in [0.3, 0.4) is 0 Å². The second kappa shape index (κ2) is 12.2. The summed E-state index contributed by atoms with van der Waals surface area (Å²) in [6.07, 6.45) is 4.19. The molecule has 0 bridgehead atoms. The van der Waals surface area contributed by atoms with Gasteiger partial charge < -0.3 is 25.6 Å². The zero-order valence-electron chi connectivity index (χ0n) is 16.6. The van der Waals surface area contributed by atoms with E-state index in [0.29, 0.717) is 25.1 Å². The fourth-order valence-corrected chi connectivity index (χ4v) is 2.36. The van der Waals surface area contributed by atoms with Crippen molar-refractivity contribution in [1.29, 1.82) is 0 Å². The third-order valence-corrected chi connectivity index (χ3v) is 3.65. The number of likely N-dealkylation sites (N-methyl/N-ethyl adjacent to an activating group) is 1. The predicted molar refractivity (Wildman–Crippen MR) is 114 cm³/mol. The third kappa shape index (κ3) is 11.4. The van der Waals surface area contributed by atoms with E-state index >= 15 is 0 Å². The van der Waals surface area contributed by atoms with Gasteiger partial charge in [-0.1, -0.05) is 12.8 Å². The number of aliphatic imine (C=N–C) groups is 1. The van der Waals surface area contributed by atoms with E-state index in [1.807, 2.05) is 20.8 Å². The van der Waals surface area contributed by atoms with Crippen molar-refractivity contribution in [3.05, 3.63) is 0 Å². The lowest BCUT2D eigenvalue weighted by atomic mass is 10.2. The van der Waals surface area contributed by atoms with E-state index in [-0.39, 0.29) is 36.4 Å². The first kappa shape index (κ1) is 24.7. The number of ether oxygens (including phenoxy) is 1. The van der Waals surface area contributed by atoms with Crippen LogP contribution in [0.1, 0.15) is 46.5 Å². The van der Waals surface area contributed by atoms with Gasteiger partial charge in [0.2, 0.25) is 5.91 Å². The van der Waals surface area contributed by atoms with Gasteiger partial charge in [-0.3, -0.25) is 4.79 Å². The van der Waals surface area contributed by atoms with Gasteiger partial charge in [0, 0.05) is 33.2 Å². The summed E-state index contributed by atoms with van der Waals surface area (Å²) in [5.74, 6) is 0.549. The van der Waals surface area contributed by atoms with Gasteiger partial charge in [0.1, 0.15) is 12.1 Å². The Morgan fingerprint density at radius 2 is 1.69 bits per heavy atom. The van der Waals surface area contributed by atoms with E-state index in [1.165, 1.54) is 17.7 Å². The molecule has 1 fully saturated rings. The zero-order chi connectivity index (χ0) is 18.9. The van der Waals surface area contributed by atoms with Crippen LogP contribution in [0.25, 0.3) is 0 Å². The van der Waals surface area contributed by atoms with Crippen molar-refractivity contribution in [3.63, 3.8) is 0 Å². The summed E-state index contributed by atoms with van der Waals surface area (Å²) in [5.41, 5.74) is -0.513. The van der Waals surface area contributed by atoms with E-state index < -0.39 is 11.7 Å². The van der Waals surface area contributed by atoms with Crippen molar-refractivity contribution in [1.82, 2.24) is 20.9 Å². The Morgan fingerprint density at radius 3 is 2.23 bits per heavy atom. The summed E-state index contributed by atoms with van der Waals surface area (Å²) in [5, 5.41) is 9.21. The van der Waals surface area contributed by atoms with Crippen molar-refractivity contribution in [2.75, 3.05) is 33.7 Å². The van der Waals surface area contributed by atoms with E-state index in [9.17, 15) is 9.59 Å². The molecule has 0 saturated heterocycles. The minimum atomic E-state index is -0.513. The number of amides is 2. The Balaban J connectivity index is 0.00000625. The molecule has 9 heteroatoms. The van der Waals surface area contributed by atoms with Gasteiger partial charge >= 0.3 is 6.09 Å². The first-order valence-corrected chi connectivity index (χ1v) is 8.89. The van der Waals surface area contributed by atoms with Gasteiger partial charge in [-0.2, -0.15) is 0 Å². The number of guanidine groups is 1. The molecule has 0 unspecified atom stereocenters. The van der Waals surface area contributed by atoms with Crippen molar-refractivity contribution < 1.29 is 14.3 Å². The summed E-state index contributed by atoms with van der Waals surface area (Å²) < 4.78 is 5.18. The van der Waals surface area contributed by atoms with Gasteiger partial charge in [-0.25, -0.2) is 9.79 Å². The molecule has 2 amide bonds. The Hall–Kier alpha value is -1.26. The molecule has 0 radical (unpaired) electrons. The average molecular weight is 483 g/mol. The molecular formula is C17H34IN5O3. The maximum absolute atomic E-state index is 11.7. The van der Waals surface area contributed by atoms with Crippen LogP contribution < -0.4 is 16.0 Å². The highest BCUT2D eigenvalue weighted by atomic mass is 127. The monoisotopic (exact) mass is 483 g/mol. The van der Waals surface area contributed by atoms with Gasteiger partial charge in [0.25, 0.3) is 0 Å².